The number of carboxylic acids is 1. The van der Waals surface area contributed by atoms with Gasteiger partial charge in [-0.1, -0.05) is 12.2 Å². The molecule has 4 nitrogen and oxygen atoms in total. The van der Waals surface area contributed by atoms with Gasteiger partial charge in [-0.05, 0) is 32.1 Å². The van der Waals surface area contributed by atoms with E-state index >= 15 is 0 Å². The minimum atomic E-state index is -0.794. The zero-order valence-corrected chi connectivity index (χ0v) is 9.45. The molecule has 0 radical (unpaired) electrons. The van der Waals surface area contributed by atoms with Gasteiger partial charge in [-0.25, -0.2) is 0 Å². The fourth-order valence-corrected chi connectivity index (χ4v) is 1.79. The molecule has 1 rings (SSSR count). The van der Waals surface area contributed by atoms with Gasteiger partial charge in [0.2, 0.25) is 5.91 Å². The van der Waals surface area contributed by atoms with Crippen molar-refractivity contribution in [3.63, 3.8) is 0 Å². The molecule has 0 saturated heterocycles. The lowest BCUT2D eigenvalue weighted by atomic mass is 10.0. The van der Waals surface area contributed by atoms with E-state index in [1.54, 1.807) is 0 Å². The lowest BCUT2D eigenvalue weighted by Crippen LogP contribution is -2.35. The number of rotatable bonds is 6. The van der Waals surface area contributed by atoms with Crippen LogP contribution >= 0.6 is 0 Å². The standard InChI is InChI=1S/C12H19NO3/c14-11(8-4-5-9-12(15)16)13-10-6-2-1-3-7-10/h1-2,10H,3-9H2,(H,13,14)(H,15,16). The van der Waals surface area contributed by atoms with Gasteiger partial charge < -0.3 is 10.4 Å². The van der Waals surface area contributed by atoms with Crippen LogP contribution in [0.15, 0.2) is 12.2 Å². The van der Waals surface area contributed by atoms with Crippen molar-refractivity contribution < 1.29 is 14.7 Å². The molecule has 0 aromatic carbocycles. The van der Waals surface area contributed by atoms with Crippen LogP contribution in [0.25, 0.3) is 0 Å². The summed E-state index contributed by atoms with van der Waals surface area (Å²) in [5.41, 5.74) is 0. The van der Waals surface area contributed by atoms with Crippen LogP contribution in [0, 0.1) is 0 Å². The SMILES string of the molecule is O=C(O)CCCCC(=O)NC1CC=CCC1. The highest BCUT2D eigenvalue weighted by Gasteiger charge is 2.12. The lowest BCUT2D eigenvalue weighted by Gasteiger charge is -2.19. The predicted octanol–water partition coefficient (Wildman–Crippen LogP) is 1.86. The number of unbranched alkanes of at least 4 members (excludes halogenated alkanes) is 1. The predicted molar refractivity (Wildman–Crippen MR) is 61.0 cm³/mol. The Morgan fingerprint density at radius 3 is 2.62 bits per heavy atom. The Balaban J connectivity index is 2.06. The maximum absolute atomic E-state index is 11.5. The van der Waals surface area contributed by atoms with E-state index in [1.165, 1.54) is 0 Å². The van der Waals surface area contributed by atoms with Crippen LogP contribution in [0.1, 0.15) is 44.9 Å². The van der Waals surface area contributed by atoms with Crippen LogP contribution in [-0.4, -0.2) is 23.0 Å². The maximum atomic E-state index is 11.5. The Hall–Kier alpha value is -1.32. The smallest absolute Gasteiger partial charge is 0.303 e. The van der Waals surface area contributed by atoms with E-state index in [9.17, 15) is 9.59 Å². The van der Waals surface area contributed by atoms with Crippen molar-refractivity contribution in [2.45, 2.75) is 51.0 Å². The minimum Gasteiger partial charge on any atom is -0.481 e. The number of aliphatic carboxylic acids is 1. The van der Waals surface area contributed by atoms with E-state index in [2.05, 4.69) is 17.5 Å². The highest BCUT2D eigenvalue weighted by atomic mass is 16.4. The quantitative estimate of drug-likeness (QED) is 0.535. The average molecular weight is 225 g/mol. The summed E-state index contributed by atoms with van der Waals surface area (Å²) in [7, 11) is 0. The van der Waals surface area contributed by atoms with E-state index in [4.69, 9.17) is 5.11 Å². The number of hydrogen-bond acceptors (Lipinski definition) is 2. The summed E-state index contributed by atoms with van der Waals surface area (Å²) in [6.45, 7) is 0. The van der Waals surface area contributed by atoms with Gasteiger partial charge >= 0.3 is 5.97 Å². The molecule has 0 spiro atoms. The second kappa shape index (κ2) is 7.04. The highest BCUT2D eigenvalue weighted by molar-refractivity contribution is 5.76. The van der Waals surface area contributed by atoms with Crippen molar-refractivity contribution in [2.24, 2.45) is 0 Å². The molecule has 0 aromatic rings. The first-order valence-electron chi connectivity index (χ1n) is 5.84. The molecular weight excluding hydrogens is 206 g/mol. The molecule has 2 N–H and O–H groups in total. The summed E-state index contributed by atoms with van der Waals surface area (Å²) in [5.74, 6) is -0.747. The summed E-state index contributed by atoms with van der Waals surface area (Å²) >= 11 is 0. The third-order valence-electron chi connectivity index (χ3n) is 2.68. The van der Waals surface area contributed by atoms with Crippen LogP contribution < -0.4 is 5.32 Å². The summed E-state index contributed by atoms with van der Waals surface area (Å²) in [5, 5.41) is 11.4. The largest absolute Gasteiger partial charge is 0.481 e. The third-order valence-corrected chi connectivity index (χ3v) is 2.68. The zero-order chi connectivity index (χ0) is 11.8. The number of hydrogen-bond donors (Lipinski definition) is 2. The molecule has 0 aliphatic heterocycles. The van der Waals surface area contributed by atoms with E-state index < -0.39 is 5.97 Å². The van der Waals surface area contributed by atoms with Crippen molar-refractivity contribution in [1.29, 1.82) is 0 Å². The van der Waals surface area contributed by atoms with E-state index in [0.717, 1.165) is 19.3 Å². The summed E-state index contributed by atoms with van der Waals surface area (Å²) in [4.78, 5) is 21.7. The monoisotopic (exact) mass is 225 g/mol. The number of carboxylic acid groups (broad SMARTS) is 1. The number of nitrogens with one attached hydrogen (secondary N) is 1. The zero-order valence-electron chi connectivity index (χ0n) is 9.45. The van der Waals surface area contributed by atoms with Gasteiger partial charge in [0, 0.05) is 18.9 Å². The summed E-state index contributed by atoms with van der Waals surface area (Å²) < 4.78 is 0. The Bertz CT molecular complexity index is 273. The molecule has 16 heavy (non-hydrogen) atoms. The Morgan fingerprint density at radius 2 is 2.00 bits per heavy atom. The van der Waals surface area contributed by atoms with Crippen LogP contribution in [0.2, 0.25) is 0 Å². The molecule has 1 unspecified atom stereocenters. The molecular formula is C12H19NO3. The second-order valence-corrected chi connectivity index (χ2v) is 4.15. The van der Waals surface area contributed by atoms with Crippen molar-refractivity contribution >= 4 is 11.9 Å². The molecule has 0 heterocycles. The molecule has 0 bridgehead atoms. The Kier molecular flexibility index (Phi) is 5.61. The normalized spacial score (nSPS) is 19.4. The first-order chi connectivity index (χ1) is 7.68. The molecule has 4 heteroatoms. The third kappa shape index (κ3) is 5.53. The van der Waals surface area contributed by atoms with E-state index in [1.807, 2.05) is 0 Å². The van der Waals surface area contributed by atoms with Crippen molar-refractivity contribution in [3.8, 4) is 0 Å². The van der Waals surface area contributed by atoms with Crippen molar-refractivity contribution in [1.82, 2.24) is 5.32 Å². The average Bonchev–Trinajstić information content (AvgIpc) is 2.25. The molecule has 90 valence electrons. The lowest BCUT2D eigenvalue weighted by molar-refractivity contribution is -0.137. The van der Waals surface area contributed by atoms with Gasteiger partial charge in [0.15, 0.2) is 0 Å². The highest BCUT2D eigenvalue weighted by Crippen LogP contribution is 2.11. The fraction of sp³-hybridized carbons (Fsp3) is 0.667. The molecule has 1 aliphatic rings. The second-order valence-electron chi connectivity index (χ2n) is 4.15. The summed E-state index contributed by atoms with van der Waals surface area (Å²) in [6, 6.07) is 0.275. The molecule has 1 aliphatic carbocycles. The van der Waals surface area contributed by atoms with E-state index in [-0.39, 0.29) is 18.4 Å². The van der Waals surface area contributed by atoms with Crippen LogP contribution in [-0.2, 0) is 9.59 Å². The first-order valence-corrected chi connectivity index (χ1v) is 5.84. The van der Waals surface area contributed by atoms with Gasteiger partial charge in [0.05, 0.1) is 0 Å². The number of carbonyl (C=O) groups excluding carboxylic acids is 1. The van der Waals surface area contributed by atoms with E-state index in [0.29, 0.717) is 19.3 Å². The Morgan fingerprint density at radius 1 is 1.25 bits per heavy atom. The molecule has 0 saturated carbocycles. The van der Waals surface area contributed by atoms with Crippen molar-refractivity contribution in [3.05, 3.63) is 12.2 Å². The van der Waals surface area contributed by atoms with Crippen LogP contribution in [0.5, 0.6) is 0 Å². The molecule has 0 aromatic heterocycles. The molecule has 0 fully saturated rings. The fourth-order valence-electron chi connectivity index (χ4n) is 1.79. The summed E-state index contributed by atoms with van der Waals surface area (Å²) in [6.07, 6.45) is 9.01. The van der Waals surface area contributed by atoms with Crippen molar-refractivity contribution in [2.75, 3.05) is 0 Å². The minimum absolute atomic E-state index is 0.0469. The van der Waals surface area contributed by atoms with Gasteiger partial charge in [-0.15, -0.1) is 0 Å². The number of allylic oxidation sites excluding steroid dienone is 1. The topological polar surface area (TPSA) is 66.4 Å². The van der Waals surface area contributed by atoms with Gasteiger partial charge in [-0.2, -0.15) is 0 Å². The van der Waals surface area contributed by atoms with Gasteiger partial charge in [0.1, 0.15) is 0 Å². The first kappa shape index (κ1) is 12.7. The van der Waals surface area contributed by atoms with Crippen LogP contribution in [0.3, 0.4) is 0 Å². The van der Waals surface area contributed by atoms with Crippen LogP contribution in [0.4, 0.5) is 0 Å². The number of amides is 1. The number of carbonyl (C=O) groups is 2. The van der Waals surface area contributed by atoms with Gasteiger partial charge in [0.25, 0.3) is 0 Å². The molecule has 1 atom stereocenters. The Labute approximate surface area is 95.7 Å². The maximum Gasteiger partial charge on any atom is 0.303 e. The molecule has 1 amide bonds. The van der Waals surface area contributed by atoms with Gasteiger partial charge in [-0.3, -0.25) is 9.59 Å².